The van der Waals surface area contributed by atoms with Gasteiger partial charge in [0, 0.05) is 12.6 Å². The third kappa shape index (κ3) is 3.26. The van der Waals surface area contributed by atoms with Crippen LogP contribution in [0.4, 0.5) is 0 Å². The van der Waals surface area contributed by atoms with E-state index in [9.17, 15) is 0 Å². The van der Waals surface area contributed by atoms with Crippen LogP contribution in [0, 0.1) is 5.41 Å². The van der Waals surface area contributed by atoms with Crippen molar-refractivity contribution < 1.29 is 4.74 Å². The molecule has 0 heterocycles. The first-order chi connectivity index (χ1) is 8.49. The van der Waals surface area contributed by atoms with Gasteiger partial charge in [0.1, 0.15) is 5.75 Å². The molecule has 1 aliphatic carbocycles. The quantitative estimate of drug-likeness (QED) is 0.879. The van der Waals surface area contributed by atoms with Crippen molar-refractivity contribution in [3.8, 4) is 5.75 Å². The third-order valence-electron chi connectivity index (χ3n) is 3.55. The average Bonchev–Trinajstić information content (AvgIpc) is 2.34. The van der Waals surface area contributed by atoms with Crippen LogP contribution in [0.1, 0.15) is 50.8 Å². The summed E-state index contributed by atoms with van der Waals surface area (Å²) in [5.74, 6) is 0.971. The van der Waals surface area contributed by atoms with Crippen molar-refractivity contribution in [3.63, 3.8) is 0 Å². The second kappa shape index (κ2) is 5.31. The maximum Gasteiger partial charge on any atom is 0.119 e. The van der Waals surface area contributed by atoms with E-state index in [1.165, 1.54) is 30.4 Å². The number of methoxy groups -OCH3 is 1. The van der Waals surface area contributed by atoms with E-state index >= 15 is 0 Å². The zero-order chi connectivity index (χ0) is 13.2. The molecule has 1 aromatic rings. The smallest absolute Gasteiger partial charge is 0.119 e. The Bertz CT molecular complexity index is 406. The minimum atomic E-state index is 0.330. The molecule has 0 saturated heterocycles. The van der Waals surface area contributed by atoms with Crippen molar-refractivity contribution in [2.24, 2.45) is 5.41 Å². The summed E-state index contributed by atoms with van der Waals surface area (Å²) in [6.45, 7) is 7.87. The van der Waals surface area contributed by atoms with E-state index in [0.717, 1.165) is 12.3 Å². The number of ether oxygens (including phenoxy) is 1. The summed E-state index contributed by atoms with van der Waals surface area (Å²) in [5.41, 5.74) is 3.24. The molecule has 0 spiro atoms. The van der Waals surface area contributed by atoms with E-state index < -0.39 is 0 Å². The molecule has 18 heavy (non-hydrogen) atoms. The fourth-order valence-corrected chi connectivity index (χ4v) is 2.55. The molecule has 0 saturated carbocycles. The molecule has 0 fully saturated rings. The van der Waals surface area contributed by atoms with E-state index in [1.54, 1.807) is 7.11 Å². The van der Waals surface area contributed by atoms with E-state index in [0.29, 0.717) is 11.5 Å². The van der Waals surface area contributed by atoms with Crippen LogP contribution in [0.2, 0.25) is 0 Å². The molecule has 1 unspecified atom stereocenters. The van der Waals surface area contributed by atoms with Crippen LogP contribution in [-0.4, -0.2) is 13.7 Å². The van der Waals surface area contributed by atoms with Gasteiger partial charge in [-0.1, -0.05) is 26.8 Å². The van der Waals surface area contributed by atoms with Crippen LogP contribution >= 0.6 is 0 Å². The summed E-state index contributed by atoms with van der Waals surface area (Å²) in [6.07, 6.45) is 3.71. The molecule has 2 rings (SSSR count). The van der Waals surface area contributed by atoms with Gasteiger partial charge >= 0.3 is 0 Å². The molecule has 100 valence electrons. The maximum atomic E-state index is 5.35. The predicted molar refractivity (Wildman–Crippen MR) is 76.1 cm³/mol. The van der Waals surface area contributed by atoms with Crippen LogP contribution in [0.15, 0.2) is 18.2 Å². The summed E-state index contributed by atoms with van der Waals surface area (Å²) in [7, 11) is 1.74. The minimum Gasteiger partial charge on any atom is -0.497 e. The van der Waals surface area contributed by atoms with Crippen LogP contribution in [-0.2, 0) is 6.42 Å². The van der Waals surface area contributed by atoms with Gasteiger partial charge in [0.15, 0.2) is 0 Å². The van der Waals surface area contributed by atoms with Gasteiger partial charge in [0.25, 0.3) is 0 Å². The lowest BCUT2D eigenvalue weighted by Gasteiger charge is -2.30. The number of benzene rings is 1. The standard InChI is InChI=1S/C16H25NO/c1-16(2,3)11-17-15-7-5-6-12-8-9-13(18-4)10-14(12)15/h8-10,15,17H,5-7,11H2,1-4H3. The van der Waals surface area contributed by atoms with Crippen molar-refractivity contribution in [1.29, 1.82) is 0 Å². The lowest BCUT2D eigenvalue weighted by molar-refractivity contribution is 0.336. The minimum absolute atomic E-state index is 0.330. The zero-order valence-electron chi connectivity index (χ0n) is 12.0. The first-order valence-electron chi connectivity index (χ1n) is 6.90. The van der Waals surface area contributed by atoms with Gasteiger partial charge in [-0.25, -0.2) is 0 Å². The Morgan fingerprint density at radius 3 is 2.78 bits per heavy atom. The number of hydrogen-bond donors (Lipinski definition) is 1. The lowest BCUT2D eigenvalue weighted by atomic mass is 9.86. The zero-order valence-corrected chi connectivity index (χ0v) is 12.0. The van der Waals surface area contributed by atoms with Crippen LogP contribution < -0.4 is 10.1 Å². The summed E-state index contributed by atoms with van der Waals surface area (Å²) < 4.78 is 5.35. The molecule has 1 atom stereocenters. The molecular weight excluding hydrogens is 222 g/mol. The van der Waals surface area contributed by atoms with Crippen molar-refractivity contribution in [1.82, 2.24) is 5.32 Å². The molecule has 0 amide bonds. The van der Waals surface area contributed by atoms with Crippen LogP contribution in [0.25, 0.3) is 0 Å². The Balaban J connectivity index is 2.15. The van der Waals surface area contributed by atoms with E-state index in [-0.39, 0.29) is 0 Å². The second-order valence-electron chi connectivity index (χ2n) is 6.45. The highest BCUT2D eigenvalue weighted by Crippen LogP contribution is 2.32. The van der Waals surface area contributed by atoms with Gasteiger partial charge in [0.05, 0.1) is 7.11 Å². The molecule has 2 heteroatoms. The van der Waals surface area contributed by atoms with Crippen LogP contribution in [0.5, 0.6) is 5.75 Å². The fourth-order valence-electron chi connectivity index (χ4n) is 2.55. The van der Waals surface area contributed by atoms with E-state index in [1.807, 2.05) is 0 Å². The summed E-state index contributed by atoms with van der Waals surface area (Å²) in [4.78, 5) is 0. The van der Waals surface area contributed by atoms with Gasteiger partial charge < -0.3 is 10.1 Å². The molecule has 1 aliphatic rings. The Labute approximate surface area is 111 Å². The van der Waals surface area contributed by atoms with Crippen molar-refractivity contribution >= 4 is 0 Å². The number of nitrogens with one attached hydrogen (secondary N) is 1. The maximum absolute atomic E-state index is 5.35. The highest BCUT2D eigenvalue weighted by molar-refractivity contribution is 5.39. The van der Waals surface area contributed by atoms with E-state index in [2.05, 4.69) is 44.3 Å². The highest BCUT2D eigenvalue weighted by atomic mass is 16.5. The van der Waals surface area contributed by atoms with Gasteiger partial charge in [-0.15, -0.1) is 0 Å². The SMILES string of the molecule is COc1ccc2c(c1)C(NCC(C)(C)C)CCC2. The van der Waals surface area contributed by atoms with Gasteiger partial charge in [-0.3, -0.25) is 0 Å². The van der Waals surface area contributed by atoms with E-state index in [4.69, 9.17) is 4.74 Å². The first kappa shape index (κ1) is 13.4. The van der Waals surface area contributed by atoms with Crippen LogP contribution in [0.3, 0.4) is 0 Å². The Kier molecular flexibility index (Phi) is 3.96. The molecule has 0 bridgehead atoms. The largest absolute Gasteiger partial charge is 0.497 e. The number of rotatable bonds is 3. The first-order valence-corrected chi connectivity index (χ1v) is 6.90. The molecule has 1 aromatic carbocycles. The molecule has 0 radical (unpaired) electrons. The number of aryl methyl sites for hydroxylation is 1. The summed E-state index contributed by atoms with van der Waals surface area (Å²) in [6, 6.07) is 6.99. The molecule has 0 aliphatic heterocycles. The fraction of sp³-hybridized carbons (Fsp3) is 0.625. The molecule has 0 aromatic heterocycles. The predicted octanol–water partition coefficient (Wildman–Crippen LogP) is 3.71. The van der Waals surface area contributed by atoms with Crippen molar-refractivity contribution in [2.45, 2.75) is 46.1 Å². The van der Waals surface area contributed by atoms with Gasteiger partial charge in [-0.2, -0.15) is 0 Å². The van der Waals surface area contributed by atoms with Gasteiger partial charge in [-0.05, 0) is 47.9 Å². The van der Waals surface area contributed by atoms with Crippen molar-refractivity contribution in [2.75, 3.05) is 13.7 Å². The molecule has 2 nitrogen and oxygen atoms in total. The van der Waals surface area contributed by atoms with Crippen molar-refractivity contribution in [3.05, 3.63) is 29.3 Å². The highest BCUT2D eigenvalue weighted by Gasteiger charge is 2.22. The lowest BCUT2D eigenvalue weighted by Crippen LogP contribution is -2.32. The average molecular weight is 247 g/mol. The Morgan fingerprint density at radius 1 is 1.33 bits per heavy atom. The Hall–Kier alpha value is -1.02. The molecule has 1 N–H and O–H groups in total. The number of hydrogen-bond acceptors (Lipinski definition) is 2. The topological polar surface area (TPSA) is 21.3 Å². The summed E-state index contributed by atoms with van der Waals surface area (Å²) >= 11 is 0. The second-order valence-corrected chi connectivity index (χ2v) is 6.45. The third-order valence-corrected chi connectivity index (χ3v) is 3.55. The monoisotopic (exact) mass is 247 g/mol. The molecular formula is C16H25NO. The normalized spacial score (nSPS) is 19.4. The number of fused-ring (bicyclic) bond motifs is 1. The summed E-state index contributed by atoms with van der Waals surface area (Å²) in [5, 5.41) is 3.71. The Morgan fingerprint density at radius 2 is 2.11 bits per heavy atom. The van der Waals surface area contributed by atoms with Gasteiger partial charge in [0.2, 0.25) is 0 Å².